The summed E-state index contributed by atoms with van der Waals surface area (Å²) in [6, 6.07) is 10.1. The molecule has 3 aromatic rings. The highest BCUT2D eigenvalue weighted by atomic mass is 28.3. The molecule has 0 aliphatic carbocycles. The third kappa shape index (κ3) is 5.74. The molecule has 0 aliphatic heterocycles. The average Bonchev–Trinajstić information content (AvgIpc) is 3.01. The maximum Gasteiger partial charge on any atom is 0.416 e. The second kappa shape index (κ2) is 8.06. The molecular formula is C23H30F3N3OSi. The zero-order chi connectivity index (χ0) is 23.2. The van der Waals surface area contributed by atoms with Crippen molar-refractivity contribution in [1.29, 1.82) is 0 Å². The molecule has 3 rings (SSSR count). The van der Waals surface area contributed by atoms with Gasteiger partial charge in [0, 0.05) is 14.5 Å². The van der Waals surface area contributed by atoms with E-state index >= 15 is 0 Å². The first-order chi connectivity index (χ1) is 14.1. The quantitative estimate of drug-likeness (QED) is 0.488. The van der Waals surface area contributed by atoms with E-state index in [-0.39, 0.29) is 10.9 Å². The molecule has 1 heterocycles. The highest BCUT2D eigenvalue weighted by molar-refractivity contribution is 6.76. The van der Waals surface area contributed by atoms with Crippen molar-refractivity contribution < 1.29 is 18.3 Å². The van der Waals surface area contributed by atoms with Gasteiger partial charge in [0.2, 0.25) is 0 Å². The molecule has 8 heteroatoms. The first-order valence-electron chi connectivity index (χ1n) is 10.4. The number of alkyl halides is 3. The summed E-state index contributed by atoms with van der Waals surface area (Å²) < 4.78 is 39.3. The molecular weight excluding hydrogens is 419 g/mol. The molecule has 0 bridgehead atoms. The molecule has 1 N–H and O–H groups in total. The largest absolute Gasteiger partial charge is 0.416 e. The lowest BCUT2D eigenvalue weighted by molar-refractivity contribution is -0.137. The molecule has 1 unspecified atom stereocenters. The molecule has 168 valence electrons. The van der Waals surface area contributed by atoms with Crippen LogP contribution >= 0.6 is 0 Å². The van der Waals surface area contributed by atoms with Crippen LogP contribution in [0.15, 0.2) is 36.4 Å². The van der Waals surface area contributed by atoms with Gasteiger partial charge in [-0.1, -0.05) is 52.5 Å². The van der Waals surface area contributed by atoms with Crippen LogP contribution in [-0.2, 0) is 18.0 Å². The SMILES string of the molecule is CC(C)(C)c1ccc(CC(O)C[Si](C)(C)C)c(-n2nc3ccc(C(F)(F)F)cc3n2)c1. The smallest absolute Gasteiger partial charge is 0.393 e. The predicted octanol–water partition coefficient (Wildman–Crippen LogP) is 5.98. The lowest BCUT2D eigenvalue weighted by Crippen LogP contribution is -2.28. The first-order valence-corrected chi connectivity index (χ1v) is 14.1. The number of hydrogen-bond donors (Lipinski definition) is 1. The summed E-state index contributed by atoms with van der Waals surface area (Å²) in [5.74, 6) is 0. The van der Waals surface area contributed by atoms with Crippen LogP contribution in [0.2, 0.25) is 25.7 Å². The summed E-state index contributed by atoms with van der Waals surface area (Å²) in [4.78, 5) is 1.40. The molecule has 0 saturated heterocycles. The molecule has 0 saturated carbocycles. The Morgan fingerprint density at radius 2 is 1.55 bits per heavy atom. The molecule has 1 atom stereocenters. The second-order valence-corrected chi connectivity index (χ2v) is 15.9. The van der Waals surface area contributed by atoms with E-state index in [9.17, 15) is 18.3 Å². The maximum atomic E-state index is 13.1. The average molecular weight is 450 g/mol. The number of rotatable bonds is 5. The fraction of sp³-hybridized carbons (Fsp3) is 0.478. The minimum Gasteiger partial charge on any atom is -0.393 e. The van der Waals surface area contributed by atoms with E-state index < -0.39 is 25.9 Å². The molecule has 1 aromatic heterocycles. The normalized spacial score (nSPS) is 14.3. The Hall–Kier alpha value is -2.19. The van der Waals surface area contributed by atoms with Crippen LogP contribution in [0.4, 0.5) is 13.2 Å². The number of nitrogens with zero attached hydrogens (tertiary/aromatic N) is 3. The standard InChI is InChI=1S/C23H30F3N3OSi/c1-22(2,3)16-8-7-15(11-18(30)14-31(4,5)6)21(13-16)29-27-19-10-9-17(23(24,25)26)12-20(19)28-29/h7-10,12-13,18,30H,11,14H2,1-6H3. The van der Waals surface area contributed by atoms with Crippen molar-refractivity contribution >= 4 is 19.1 Å². The molecule has 0 fully saturated rings. The maximum absolute atomic E-state index is 13.1. The van der Waals surface area contributed by atoms with Gasteiger partial charge in [-0.2, -0.15) is 18.0 Å². The van der Waals surface area contributed by atoms with Gasteiger partial charge in [0.25, 0.3) is 0 Å². The van der Waals surface area contributed by atoms with Crippen LogP contribution in [0.1, 0.15) is 37.5 Å². The second-order valence-electron chi connectivity index (χ2n) is 10.4. The van der Waals surface area contributed by atoms with Crippen LogP contribution in [0.25, 0.3) is 16.7 Å². The number of aliphatic hydroxyl groups is 1. The van der Waals surface area contributed by atoms with Gasteiger partial charge < -0.3 is 5.11 Å². The summed E-state index contributed by atoms with van der Waals surface area (Å²) in [7, 11) is -1.46. The highest BCUT2D eigenvalue weighted by Crippen LogP contribution is 2.32. The third-order valence-electron chi connectivity index (χ3n) is 5.18. The number of aliphatic hydroxyl groups excluding tert-OH is 1. The number of aromatic nitrogens is 3. The van der Waals surface area contributed by atoms with Gasteiger partial charge in [-0.15, -0.1) is 10.2 Å². The van der Waals surface area contributed by atoms with E-state index in [4.69, 9.17) is 0 Å². The fourth-order valence-corrected chi connectivity index (χ4v) is 5.18. The van der Waals surface area contributed by atoms with Gasteiger partial charge >= 0.3 is 6.18 Å². The number of hydrogen-bond acceptors (Lipinski definition) is 3. The summed E-state index contributed by atoms with van der Waals surface area (Å²) in [6.07, 6.45) is -4.49. The van der Waals surface area contributed by atoms with Gasteiger partial charge in [-0.3, -0.25) is 0 Å². The van der Waals surface area contributed by atoms with Gasteiger partial charge in [0.05, 0.1) is 17.4 Å². The number of halogens is 3. The van der Waals surface area contributed by atoms with E-state index in [1.807, 2.05) is 18.2 Å². The first kappa shape index (κ1) is 23.5. The van der Waals surface area contributed by atoms with Crippen LogP contribution in [0.3, 0.4) is 0 Å². The van der Waals surface area contributed by atoms with E-state index in [0.29, 0.717) is 17.6 Å². The van der Waals surface area contributed by atoms with Crippen LogP contribution in [-0.4, -0.2) is 34.3 Å². The van der Waals surface area contributed by atoms with Gasteiger partial charge in [0.15, 0.2) is 0 Å². The Morgan fingerprint density at radius 1 is 0.935 bits per heavy atom. The zero-order valence-electron chi connectivity index (χ0n) is 18.9. The van der Waals surface area contributed by atoms with Crippen molar-refractivity contribution in [2.75, 3.05) is 0 Å². The minimum absolute atomic E-state index is 0.125. The monoisotopic (exact) mass is 449 g/mol. The van der Waals surface area contributed by atoms with Crippen LogP contribution in [0.5, 0.6) is 0 Å². The van der Waals surface area contributed by atoms with Crippen molar-refractivity contribution in [2.24, 2.45) is 0 Å². The molecule has 0 spiro atoms. The van der Waals surface area contributed by atoms with E-state index in [1.54, 1.807) is 0 Å². The fourth-order valence-electron chi connectivity index (χ4n) is 3.62. The Morgan fingerprint density at radius 3 is 2.13 bits per heavy atom. The summed E-state index contributed by atoms with van der Waals surface area (Å²) in [6.45, 7) is 12.9. The summed E-state index contributed by atoms with van der Waals surface area (Å²) in [5, 5.41) is 19.5. The molecule has 0 aliphatic rings. The number of fused-ring (bicyclic) bond motifs is 1. The van der Waals surface area contributed by atoms with Crippen molar-refractivity contribution in [3.8, 4) is 5.69 Å². The molecule has 2 aromatic carbocycles. The molecule has 4 nitrogen and oxygen atoms in total. The number of benzene rings is 2. The van der Waals surface area contributed by atoms with E-state index in [1.165, 1.54) is 10.9 Å². The van der Waals surface area contributed by atoms with E-state index in [0.717, 1.165) is 29.3 Å². The lowest BCUT2D eigenvalue weighted by atomic mass is 9.86. The van der Waals surface area contributed by atoms with Crippen molar-refractivity contribution in [2.45, 2.75) is 70.6 Å². The topological polar surface area (TPSA) is 50.9 Å². The van der Waals surface area contributed by atoms with Crippen LogP contribution < -0.4 is 0 Å². The zero-order valence-corrected chi connectivity index (χ0v) is 19.9. The van der Waals surface area contributed by atoms with Gasteiger partial charge in [0.1, 0.15) is 11.0 Å². The van der Waals surface area contributed by atoms with Crippen molar-refractivity contribution in [1.82, 2.24) is 15.0 Å². The summed E-state index contributed by atoms with van der Waals surface area (Å²) >= 11 is 0. The summed E-state index contributed by atoms with van der Waals surface area (Å²) in [5.41, 5.74) is 2.32. The Balaban J connectivity index is 2.08. The molecule has 0 radical (unpaired) electrons. The third-order valence-corrected chi connectivity index (χ3v) is 6.87. The van der Waals surface area contributed by atoms with Crippen molar-refractivity contribution in [3.05, 3.63) is 53.1 Å². The van der Waals surface area contributed by atoms with E-state index in [2.05, 4.69) is 50.6 Å². The van der Waals surface area contributed by atoms with Gasteiger partial charge in [-0.25, -0.2) is 0 Å². The highest BCUT2D eigenvalue weighted by Gasteiger charge is 2.31. The lowest BCUT2D eigenvalue weighted by Gasteiger charge is -2.23. The molecule has 0 amide bonds. The molecule has 31 heavy (non-hydrogen) atoms. The Bertz CT molecular complexity index is 1080. The minimum atomic E-state index is -4.43. The van der Waals surface area contributed by atoms with Crippen LogP contribution in [0, 0.1) is 0 Å². The predicted molar refractivity (Wildman–Crippen MR) is 120 cm³/mol. The van der Waals surface area contributed by atoms with Crippen molar-refractivity contribution in [3.63, 3.8) is 0 Å². The Kier molecular flexibility index (Phi) is 6.10. The van der Waals surface area contributed by atoms with Gasteiger partial charge in [-0.05, 0) is 46.9 Å². The Labute approximate surface area is 182 Å².